The molecule has 1 aliphatic heterocycles. The van der Waals surface area contributed by atoms with E-state index in [1.807, 2.05) is 0 Å². The Morgan fingerprint density at radius 1 is 1.60 bits per heavy atom. The van der Waals surface area contributed by atoms with Crippen LogP contribution in [0.2, 0.25) is 0 Å². The van der Waals surface area contributed by atoms with Gasteiger partial charge in [-0.3, -0.25) is 4.79 Å². The van der Waals surface area contributed by atoms with Crippen LogP contribution < -0.4 is 5.73 Å². The molecule has 0 radical (unpaired) electrons. The fourth-order valence-electron chi connectivity index (χ4n) is 1.82. The minimum atomic E-state index is -1.06. The van der Waals surface area contributed by atoms with Crippen LogP contribution in [0.3, 0.4) is 0 Å². The Morgan fingerprint density at radius 2 is 2.33 bits per heavy atom. The zero-order valence-electron chi connectivity index (χ0n) is 8.78. The lowest BCUT2D eigenvalue weighted by Crippen LogP contribution is -2.50. The highest BCUT2D eigenvalue weighted by molar-refractivity contribution is 5.79. The van der Waals surface area contributed by atoms with Gasteiger partial charge in [0.2, 0.25) is 0 Å². The number of carboxylic acid groups (broad SMARTS) is 1. The highest BCUT2D eigenvalue weighted by atomic mass is 16.4. The van der Waals surface area contributed by atoms with Crippen molar-refractivity contribution in [2.45, 2.75) is 31.2 Å². The van der Waals surface area contributed by atoms with Gasteiger partial charge in [-0.1, -0.05) is 0 Å². The normalized spacial score (nSPS) is 26.4. The van der Waals surface area contributed by atoms with Crippen LogP contribution in [0.25, 0.3) is 0 Å². The van der Waals surface area contributed by atoms with Crippen LogP contribution >= 0.6 is 0 Å². The highest BCUT2D eigenvalue weighted by Gasteiger charge is 2.40. The van der Waals surface area contributed by atoms with Gasteiger partial charge in [-0.05, 0) is 25.8 Å². The third-order valence-corrected chi connectivity index (χ3v) is 2.82. The Balaban J connectivity index is 2.25. The molecule has 0 spiro atoms. The zero-order valence-corrected chi connectivity index (χ0v) is 8.78. The van der Waals surface area contributed by atoms with Crippen LogP contribution in [0.1, 0.15) is 25.7 Å². The van der Waals surface area contributed by atoms with Gasteiger partial charge in [-0.15, -0.1) is 0 Å². The molecule has 0 bridgehead atoms. The van der Waals surface area contributed by atoms with Gasteiger partial charge in [-0.2, -0.15) is 5.26 Å². The zero-order chi connectivity index (χ0) is 11.3. The predicted molar refractivity (Wildman–Crippen MR) is 55.1 cm³/mol. The quantitative estimate of drug-likeness (QED) is 0.632. The Kier molecular flexibility index (Phi) is 4.06. The summed E-state index contributed by atoms with van der Waals surface area (Å²) in [7, 11) is 0. The molecule has 84 valence electrons. The molecule has 3 N–H and O–H groups in total. The van der Waals surface area contributed by atoms with E-state index in [0.29, 0.717) is 19.4 Å². The summed E-state index contributed by atoms with van der Waals surface area (Å²) in [5.41, 5.74) is 4.67. The first kappa shape index (κ1) is 12.0. The lowest BCUT2D eigenvalue weighted by molar-refractivity contribution is -0.142. The maximum absolute atomic E-state index is 10.9. The molecule has 1 atom stereocenters. The molecule has 0 aliphatic carbocycles. The molecule has 5 heteroatoms. The Labute approximate surface area is 89.5 Å². The lowest BCUT2D eigenvalue weighted by Gasteiger charge is -2.19. The maximum atomic E-state index is 10.9. The minimum Gasteiger partial charge on any atom is -0.480 e. The third-order valence-electron chi connectivity index (χ3n) is 2.82. The van der Waals surface area contributed by atoms with Crippen LogP contribution in [0, 0.1) is 11.3 Å². The van der Waals surface area contributed by atoms with E-state index in [2.05, 4.69) is 11.0 Å². The SMILES string of the molecule is N#CCCCCN1CCC(N)(C(=O)O)C1. The molecule has 0 amide bonds. The summed E-state index contributed by atoms with van der Waals surface area (Å²) in [5.74, 6) is -0.915. The van der Waals surface area contributed by atoms with E-state index in [-0.39, 0.29) is 0 Å². The number of rotatable bonds is 5. The fourth-order valence-corrected chi connectivity index (χ4v) is 1.82. The molecule has 1 heterocycles. The molecule has 1 saturated heterocycles. The summed E-state index contributed by atoms with van der Waals surface area (Å²) < 4.78 is 0. The average Bonchev–Trinajstić information content (AvgIpc) is 2.57. The highest BCUT2D eigenvalue weighted by Crippen LogP contribution is 2.19. The van der Waals surface area contributed by atoms with Crippen molar-refractivity contribution in [2.75, 3.05) is 19.6 Å². The lowest BCUT2D eigenvalue weighted by atomic mass is 10.0. The molecular weight excluding hydrogens is 194 g/mol. The molecular formula is C10H17N3O2. The van der Waals surface area contributed by atoms with E-state index in [9.17, 15) is 4.79 Å². The van der Waals surface area contributed by atoms with Gasteiger partial charge in [-0.25, -0.2) is 0 Å². The average molecular weight is 211 g/mol. The second-order valence-corrected chi connectivity index (χ2v) is 4.10. The smallest absolute Gasteiger partial charge is 0.325 e. The van der Waals surface area contributed by atoms with E-state index in [1.165, 1.54) is 0 Å². The maximum Gasteiger partial charge on any atom is 0.325 e. The van der Waals surface area contributed by atoms with Crippen molar-refractivity contribution >= 4 is 5.97 Å². The monoisotopic (exact) mass is 211 g/mol. The van der Waals surface area contributed by atoms with Gasteiger partial charge in [0.15, 0.2) is 0 Å². The van der Waals surface area contributed by atoms with Crippen molar-refractivity contribution in [3.05, 3.63) is 0 Å². The number of carboxylic acids is 1. The van der Waals surface area contributed by atoms with E-state index in [4.69, 9.17) is 16.1 Å². The minimum absolute atomic E-state index is 0.425. The van der Waals surface area contributed by atoms with Crippen LogP contribution in [0.4, 0.5) is 0 Å². The first-order chi connectivity index (χ1) is 7.08. The van der Waals surface area contributed by atoms with Crippen molar-refractivity contribution in [3.8, 4) is 6.07 Å². The number of aliphatic carboxylic acids is 1. The summed E-state index contributed by atoms with van der Waals surface area (Å²) in [6.07, 6.45) is 2.89. The topological polar surface area (TPSA) is 90.4 Å². The van der Waals surface area contributed by atoms with E-state index < -0.39 is 11.5 Å². The summed E-state index contributed by atoms with van der Waals surface area (Å²) >= 11 is 0. The standard InChI is InChI=1S/C10H17N3O2/c11-5-2-1-3-6-13-7-4-10(12,8-13)9(14)15/h1-4,6-8,12H2,(H,14,15). The molecule has 5 nitrogen and oxygen atoms in total. The molecule has 1 fully saturated rings. The molecule has 0 aromatic carbocycles. The van der Waals surface area contributed by atoms with Gasteiger partial charge in [0, 0.05) is 19.5 Å². The largest absolute Gasteiger partial charge is 0.480 e. The van der Waals surface area contributed by atoms with Crippen LogP contribution in [0.5, 0.6) is 0 Å². The summed E-state index contributed by atoms with van der Waals surface area (Å²) in [6.45, 7) is 2.01. The van der Waals surface area contributed by atoms with Gasteiger partial charge < -0.3 is 15.7 Å². The Hall–Kier alpha value is -1.12. The van der Waals surface area contributed by atoms with Gasteiger partial charge in [0.25, 0.3) is 0 Å². The fraction of sp³-hybridized carbons (Fsp3) is 0.800. The van der Waals surface area contributed by atoms with Crippen molar-refractivity contribution in [1.29, 1.82) is 5.26 Å². The third kappa shape index (κ3) is 3.18. The molecule has 1 aliphatic rings. The van der Waals surface area contributed by atoms with Crippen molar-refractivity contribution in [1.82, 2.24) is 4.90 Å². The molecule has 1 unspecified atom stereocenters. The number of likely N-dealkylation sites (tertiary alicyclic amines) is 1. The number of carbonyl (C=O) groups is 1. The van der Waals surface area contributed by atoms with Crippen LogP contribution in [0.15, 0.2) is 0 Å². The predicted octanol–water partition coefficient (Wildman–Crippen LogP) is 0.168. The van der Waals surface area contributed by atoms with Crippen molar-refractivity contribution < 1.29 is 9.90 Å². The summed E-state index contributed by atoms with van der Waals surface area (Å²) in [4.78, 5) is 12.9. The second-order valence-electron chi connectivity index (χ2n) is 4.10. The van der Waals surface area contributed by atoms with Crippen LogP contribution in [-0.2, 0) is 4.79 Å². The first-order valence-electron chi connectivity index (χ1n) is 5.20. The van der Waals surface area contributed by atoms with Gasteiger partial charge in [0.05, 0.1) is 6.07 Å². The number of hydrogen-bond donors (Lipinski definition) is 2. The van der Waals surface area contributed by atoms with Crippen molar-refractivity contribution in [2.24, 2.45) is 5.73 Å². The second kappa shape index (κ2) is 5.10. The van der Waals surface area contributed by atoms with E-state index >= 15 is 0 Å². The van der Waals surface area contributed by atoms with Gasteiger partial charge >= 0.3 is 5.97 Å². The summed E-state index contributed by atoms with van der Waals surface area (Å²) in [6, 6.07) is 2.09. The molecule has 0 aromatic heterocycles. The van der Waals surface area contributed by atoms with Crippen LogP contribution in [-0.4, -0.2) is 41.1 Å². The van der Waals surface area contributed by atoms with Gasteiger partial charge in [0.1, 0.15) is 5.54 Å². The van der Waals surface area contributed by atoms with E-state index in [0.717, 1.165) is 25.9 Å². The number of nitrogens with two attached hydrogens (primary N) is 1. The van der Waals surface area contributed by atoms with E-state index in [1.54, 1.807) is 0 Å². The molecule has 15 heavy (non-hydrogen) atoms. The molecule has 1 rings (SSSR count). The molecule has 0 aromatic rings. The Bertz CT molecular complexity index is 274. The summed E-state index contributed by atoms with van der Waals surface area (Å²) in [5, 5.41) is 17.3. The Morgan fingerprint density at radius 3 is 2.87 bits per heavy atom. The number of unbranched alkanes of at least 4 members (excludes halogenated alkanes) is 2. The number of nitriles is 1. The molecule has 0 saturated carbocycles. The number of hydrogen-bond acceptors (Lipinski definition) is 4. The number of nitrogens with zero attached hydrogens (tertiary/aromatic N) is 2. The first-order valence-corrected chi connectivity index (χ1v) is 5.20. The van der Waals surface area contributed by atoms with Crippen molar-refractivity contribution in [3.63, 3.8) is 0 Å².